The molecule has 2 heterocycles. The van der Waals surface area contributed by atoms with Crippen LogP contribution in [0.4, 0.5) is 5.82 Å². The first-order valence-corrected chi connectivity index (χ1v) is 7.83. The molecule has 2 rings (SSSR count). The molecule has 20 heavy (non-hydrogen) atoms. The number of anilines is 1. The number of aromatic nitrogens is 2. The van der Waals surface area contributed by atoms with Gasteiger partial charge in [-0.15, -0.1) is 11.3 Å². The van der Waals surface area contributed by atoms with Gasteiger partial charge in [-0.2, -0.15) is 0 Å². The van der Waals surface area contributed by atoms with Crippen LogP contribution in [0.5, 0.6) is 0 Å². The molecule has 108 valence electrons. The average molecular weight is 311 g/mol. The van der Waals surface area contributed by atoms with Crippen LogP contribution in [0.15, 0.2) is 17.5 Å². The van der Waals surface area contributed by atoms with Gasteiger partial charge in [-0.05, 0) is 33.0 Å². The van der Waals surface area contributed by atoms with Crippen LogP contribution in [-0.4, -0.2) is 28.5 Å². The maximum absolute atomic E-state index is 6.22. The van der Waals surface area contributed by atoms with Crippen LogP contribution in [0.25, 0.3) is 0 Å². The molecule has 0 radical (unpaired) electrons. The average Bonchev–Trinajstić information content (AvgIpc) is 2.79. The van der Waals surface area contributed by atoms with Crippen LogP contribution >= 0.6 is 22.9 Å². The molecule has 0 amide bonds. The summed E-state index contributed by atoms with van der Waals surface area (Å²) in [5, 5.41) is 7.09. The lowest BCUT2D eigenvalue weighted by Crippen LogP contribution is -2.19. The standard InChI is InChI=1S/C14H19ClN4S/c1-4-16-14-6-5-12(15)13(18-14)8-19(3)7-11-9-20-10(2)17-11/h5-6,9H,4,7-8H2,1-3H3,(H,16,18). The van der Waals surface area contributed by atoms with Crippen LogP contribution in [0.2, 0.25) is 5.02 Å². The highest BCUT2D eigenvalue weighted by Gasteiger charge is 2.09. The number of aryl methyl sites for hydroxylation is 1. The summed E-state index contributed by atoms with van der Waals surface area (Å²) in [5.41, 5.74) is 1.98. The molecule has 2 aromatic rings. The Morgan fingerprint density at radius 1 is 1.30 bits per heavy atom. The van der Waals surface area contributed by atoms with E-state index in [2.05, 4.69) is 25.6 Å². The second kappa shape index (κ2) is 7.02. The fraction of sp³-hybridized carbons (Fsp3) is 0.429. The molecule has 0 aliphatic heterocycles. The molecule has 6 heteroatoms. The van der Waals surface area contributed by atoms with Gasteiger partial charge in [0.05, 0.1) is 21.4 Å². The van der Waals surface area contributed by atoms with Crippen molar-refractivity contribution in [3.63, 3.8) is 0 Å². The summed E-state index contributed by atoms with van der Waals surface area (Å²) >= 11 is 7.89. The Morgan fingerprint density at radius 3 is 2.75 bits per heavy atom. The molecule has 0 bridgehead atoms. The lowest BCUT2D eigenvalue weighted by molar-refractivity contribution is 0.312. The fourth-order valence-electron chi connectivity index (χ4n) is 1.94. The normalized spacial score (nSPS) is 11.1. The van der Waals surface area contributed by atoms with E-state index in [4.69, 9.17) is 11.6 Å². The molecule has 1 N–H and O–H groups in total. The zero-order valence-corrected chi connectivity index (χ0v) is 13.6. The van der Waals surface area contributed by atoms with E-state index in [0.29, 0.717) is 11.6 Å². The third-order valence-electron chi connectivity index (χ3n) is 2.79. The van der Waals surface area contributed by atoms with Gasteiger partial charge in [0.2, 0.25) is 0 Å². The molecular formula is C14H19ClN4S. The number of nitrogens with zero attached hydrogens (tertiary/aromatic N) is 3. The van der Waals surface area contributed by atoms with Crippen molar-refractivity contribution in [1.82, 2.24) is 14.9 Å². The van der Waals surface area contributed by atoms with E-state index in [1.165, 1.54) is 0 Å². The Bertz CT molecular complexity index is 570. The van der Waals surface area contributed by atoms with E-state index in [9.17, 15) is 0 Å². The summed E-state index contributed by atoms with van der Waals surface area (Å²) in [6.07, 6.45) is 0. The molecule has 0 unspecified atom stereocenters. The molecule has 0 atom stereocenters. The summed E-state index contributed by atoms with van der Waals surface area (Å²) in [5.74, 6) is 0.866. The highest BCUT2D eigenvalue weighted by atomic mass is 35.5. The van der Waals surface area contributed by atoms with Crippen molar-refractivity contribution in [3.05, 3.63) is 38.9 Å². The van der Waals surface area contributed by atoms with Crippen molar-refractivity contribution in [2.45, 2.75) is 26.9 Å². The van der Waals surface area contributed by atoms with Crippen molar-refractivity contribution < 1.29 is 0 Å². The van der Waals surface area contributed by atoms with E-state index in [1.807, 2.05) is 33.0 Å². The van der Waals surface area contributed by atoms with E-state index in [-0.39, 0.29) is 0 Å². The van der Waals surface area contributed by atoms with Gasteiger partial charge in [0, 0.05) is 25.0 Å². The van der Waals surface area contributed by atoms with Crippen molar-refractivity contribution in [2.24, 2.45) is 0 Å². The van der Waals surface area contributed by atoms with Crippen LogP contribution in [0, 0.1) is 6.92 Å². The summed E-state index contributed by atoms with van der Waals surface area (Å²) in [6, 6.07) is 3.79. The zero-order valence-electron chi connectivity index (χ0n) is 12.0. The van der Waals surface area contributed by atoms with Crippen molar-refractivity contribution in [2.75, 3.05) is 18.9 Å². The van der Waals surface area contributed by atoms with Crippen LogP contribution in [0.3, 0.4) is 0 Å². The number of hydrogen-bond acceptors (Lipinski definition) is 5. The minimum Gasteiger partial charge on any atom is -0.370 e. The van der Waals surface area contributed by atoms with Crippen molar-refractivity contribution >= 4 is 28.8 Å². The Labute approximate surface area is 128 Å². The fourth-order valence-corrected chi connectivity index (χ4v) is 2.71. The van der Waals surface area contributed by atoms with Crippen molar-refractivity contribution in [3.8, 4) is 0 Å². The van der Waals surface area contributed by atoms with Crippen molar-refractivity contribution in [1.29, 1.82) is 0 Å². The van der Waals surface area contributed by atoms with E-state index in [0.717, 1.165) is 35.3 Å². The molecule has 2 aromatic heterocycles. The number of pyridine rings is 1. The number of nitrogens with one attached hydrogen (secondary N) is 1. The molecule has 0 aromatic carbocycles. The van der Waals surface area contributed by atoms with Gasteiger partial charge in [0.25, 0.3) is 0 Å². The van der Waals surface area contributed by atoms with E-state index < -0.39 is 0 Å². The van der Waals surface area contributed by atoms with Gasteiger partial charge in [0.15, 0.2) is 0 Å². The van der Waals surface area contributed by atoms with Gasteiger partial charge in [0.1, 0.15) is 5.82 Å². The molecule has 0 saturated heterocycles. The number of hydrogen-bond donors (Lipinski definition) is 1. The summed E-state index contributed by atoms with van der Waals surface area (Å²) in [7, 11) is 2.05. The zero-order chi connectivity index (χ0) is 14.5. The number of halogens is 1. The van der Waals surface area contributed by atoms with Gasteiger partial charge < -0.3 is 5.32 Å². The minimum atomic E-state index is 0.702. The van der Waals surface area contributed by atoms with Gasteiger partial charge in [-0.3, -0.25) is 4.90 Å². The van der Waals surface area contributed by atoms with E-state index in [1.54, 1.807) is 11.3 Å². The van der Waals surface area contributed by atoms with Gasteiger partial charge in [-0.1, -0.05) is 11.6 Å². The maximum Gasteiger partial charge on any atom is 0.126 e. The summed E-state index contributed by atoms with van der Waals surface area (Å²) in [6.45, 7) is 6.42. The molecule has 0 saturated carbocycles. The molecule has 0 aliphatic carbocycles. The monoisotopic (exact) mass is 310 g/mol. The Balaban J connectivity index is 2.02. The Hall–Kier alpha value is -1.17. The Morgan fingerprint density at radius 2 is 2.10 bits per heavy atom. The molecular weight excluding hydrogens is 292 g/mol. The van der Waals surface area contributed by atoms with Gasteiger partial charge >= 0.3 is 0 Å². The summed E-state index contributed by atoms with van der Waals surface area (Å²) in [4.78, 5) is 11.2. The predicted octanol–water partition coefficient (Wildman–Crippen LogP) is 3.56. The predicted molar refractivity (Wildman–Crippen MR) is 85.4 cm³/mol. The third kappa shape index (κ3) is 4.16. The first-order valence-electron chi connectivity index (χ1n) is 6.57. The Kier molecular flexibility index (Phi) is 5.34. The highest BCUT2D eigenvalue weighted by molar-refractivity contribution is 7.09. The first kappa shape index (κ1) is 15.2. The maximum atomic E-state index is 6.22. The highest BCUT2D eigenvalue weighted by Crippen LogP contribution is 2.19. The SMILES string of the molecule is CCNc1ccc(Cl)c(CN(C)Cc2csc(C)n2)n1. The van der Waals surface area contributed by atoms with Crippen LogP contribution in [-0.2, 0) is 13.1 Å². The minimum absolute atomic E-state index is 0.702. The third-order valence-corrected chi connectivity index (χ3v) is 3.96. The van der Waals surface area contributed by atoms with Crippen LogP contribution < -0.4 is 5.32 Å². The van der Waals surface area contributed by atoms with Crippen LogP contribution in [0.1, 0.15) is 23.3 Å². The smallest absolute Gasteiger partial charge is 0.126 e. The van der Waals surface area contributed by atoms with Gasteiger partial charge in [-0.25, -0.2) is 9.97 Å². The number of rotatable bonds is 6. The first-order chi connectivity index (χ1) is 9.58. The lowest BCUT2D eigenvalue weighted by atomic mass is 10.3. The molecule has 0 spiro atoms. The quantitative estimate of drug-likeness (QED) is 0.885. The lowest BCUT2D eigenvalue weighted by Gasteiger charge is -2.16. The summed E-state index contributed by atoms with van der Waals surface area (Å²) < 4.78 is 0. The second-order valence-corrected chi connectivity index (χ2v) is 6.15. The number of thiazole rings is 1. The second-order valence-electron chi connectivity index (χ2n) is 4.69. The molecule has 4 nitrogen and oxygen atoms in total. The molecule has 0 fully saturated rings. The topological polar surface area (TPSA) is 41.0 Å². The van der Waals surface area contributed by atoms with E-state index >= 15 is 0 Å². The largest absolute Gasteiger partial charge is 0.370 e. The molecule has 0 aliphatic rings.